The number of nitrogens with two attached hydrogens (primary N) is 1. The van der Waals surface area contributed by atoms with E-state index in [1.807, 2.05) is 11.9 Å². The lowest BCUT2D eigenvalue weighted by molar-refractivity contribution is -0.135. The summed E-state index contributed by atoms with van der Waals surface area (Å²) in [5, 5.41) is 0. The van der Waals surface area contributed by atoms with Gasteiger partial charge in [-0.15, -0.1) is 0 Å². The highest BCUT2D eigenvalue weighted by molar-refractivity contribution is 6.00. The van der Waals surface area contributed by atoms with Crippen molar-refractivity contribution >= 4 is 17.6 Å². The molecule has 0 bridgehead atoms. The van der Waals surface area contributed by atoms with Crippen LogP contribution < -0.4 is 5.73 Å². The molecule has 2 rings (SSSR count). The second kappa shape index (κ2) is 6.09. The summed E-state index contributed by atoms with van der Waals surface area (Å²) in [5.74, 6) is -0.135. The first kappa shape index (κ1) is 15.2. The van der Waals surface area contributed by atoms with E-state index >= 15 is 0 Å². The van der Waals surface area contributed by atoms with E-state index in [1.165, 1.54) is 4.90 Å². The summed E-state index contributed by atoms with van der Waals surface area (Å²) in [4.78, 5) is 34.1. The van der Waals surface area contributed by atoms with Crippen LogP contribution in [-0.2, 0) is 4.79 Å². The number of amides is 2. The highest BCUT2D eigenvalue weighted by Crippen LogP contribution is 2.17. The Hall–Kier alpha value is -2.15. The second-order valence-corrected chi connectivity index (χ2v) is 5.45. The van der Waals surface area contributed by atoms with Crippen LogP contribution in [0.2, 0.25) is 0 Å². The number of likely N-dealkylation sites (N-methyl/N-ethyl adjacent to an activating group) is 2. The lowest BCUT2D eigenvalue weighted by Crippen LogP contribution is -2.59. The zero-order chi connectivity index (χ0) is 15.6. The lowest BCUT2D eigenvalue weighted by atomic mass is 10.1. The fourth-order valence-corrected chi connectivity index (χ4v) is 2.42. The monoisotopic (exact) mass is 291 g/mol. The average molecular weight is 291 g/mol. The second-order valence-electron chi connectivity index (χ2n) is 5.45. The Bertz CT molecular complexity index is 546. The number of pyridine rings is 1. The van der Waals surface area contributed by atoms with Crippen LogP contribution in [0.1, 0.15) is 10.4 Å². The van der Waals surface area contributed by atoms with Gasteiger partial charge in [0.2, 0.25) is 5.91 Å². The number of carbonyl (C=O) groups is 2. The first-order valence-corrected chi connectivity index (χ1v) is 6.83. The van der Waals surface area contributed by atoms with Gasteiger partial charge in [-0.3, -0.25) is 9.59 Å². The normalized spacial score (nSPS) is 19.4. The van der Waals surface area contributed by atoms with Gasteiger partial charge >= 0.3 is 0 Å². The number of carbonyl (C=O) groups excluding carboxylic acids is 2. The van der Waals surface area contributed by atoms with Crippen LogP contribution in [0.3, 0.4) is 0 Å². The Labute approximate surface area is 124 Å². The van der Waals surface area contributed by atoms with Crippen molar-refractivity contribution in [3.63, 3.8) is 0 Å². The number of aromatic nitrogens is 1. The van der Waals surface area contributed by atoms with E-state index in [4.69, 9.17) is 5.73 Å². The molecule has 1 unspecified atom stereocenters. The first-order valence-electron chi connectivity index (χ1n) is 6.83. The van der Waals surface area contributed by atoms with E-state index in [0.717, 1.165) is 6.54 Å². The van der Waals surface area contributed by atoms with Crippen LogP contribution in [-0.4, -0.2) is 78.3 Å². The van der Waals surface area contributed by atoms with Gasteiger partial charge in [0.05, 0.1) is 5.56 Å². The summed E-state index contributed by atoms with van der Waals surface area (Å²) in [6.45, 7) is 1.74. The summed E-state index contributed by atoms with van der Waals surface area (Å²) in [7, 11) is 5.33. The number of rotatable bonds is 2. The smallest absolute Gasteiger partial charge is 0.258 e. The largest absolute Gasteiger partial charge is 0.383 e. The van der Waals surface area contributed by atoms with Crippen molar-refractivity contribution in [2.45, 2.75) is 6.04 Å². The summed E-state index contributed by atoms with van der Waals surface area (Å²) < 4.78 is 0. The van der Waals surface area contributed by atoms with Crippen molar-refractivity contribution in [3.05, 3.63) is 23.9 Å². The van der Waals surface area contributed by atoms with E-state index in [9.17, 15) is 9.59 Å². The summed E-state index contributed by atoms with van der Waals surface area (Å²) >= 11 is 0. The van der Waals surface area contributed by atoms with Crippen molar-refractivity contribution in [1.29, 1.82) is 0 Å². The Morgan fingerprint density at radius 3 is 2.71 bits per heavy atom. The van der Waals surface area contributed by atoms with Gasteiger partial charge in [0.15, 0.2) is 0 Å². The molecule has 21 heavy (non-hydrogen) atoms. The number of nitrogen functional groups attached to an aromatic ring is 1. The molecule has 7 heteroatoms. The molecule has 1 fully saturated rings. The molecule has 0 radical (unpaired) electrons. The molecule has 1 atom stereocenters. The molecule has 0 aliphatic carbocycles. The quantitative estimate of drug-likeness (QED) is 0.795. The number of hydrogen-bond acceptors (Lipinski definition) is 5. The van der Waals surface area contributed by atoms with Gasteiger partial charge in [0, 0.05) is 39.9 Å². The third-order valence-corrected chi connectivity index (χ3v) is 3.64. The summed E-state index contributed by atoms with van der Waals surface area (Å²) in [6.07, 6.45) is 1.54. The molecular weight excluding hydrogens is 270 g/mol. The molecule has 1 aliphatic heterocycles. The van der Waals surface area contributed by atoms with Gasteiger partial charge in [-0.05, 0) is 19.2 Å². The van der Waals surface area contributed by atoms with Crippen molar-refractivity contribution < 1.29 is 9.59 Å². The maximum absolute atomic E-state index is 12.7. The third-order valence-electron chi connectivity index (χ3n) is 3.64. The minimum Gasteiger partial charge on any atom is -0.383 e. The van der Waals surface area contributed by atoms with Crippen LogP contribution in [0.4, 0.5) is 5.82 Å². The van der Waals surface area contributed by atoms with Crippen LogP contribution in [0.5, 0.6) is 0 Å². The number of anilines is 1. The fourth-order valence-electron chi connectivity index (χ4n) is 2.42. The Kier molecular flexibility index (Phi) is 4.42. The highest BCUT2D eigenvalue weighted by atomic mass is 16.2. The molecule has 0 spiro atoms. The van der Waals surface area contributed by atoms with Gasteiger partial charge in [-0.2, -0.15) is 0 Å². The van der Waals surface area contributed by atoms with Crippen LogP contribution in [0, 0.1) is 0 Å². The minimum absolute atomic E-state index is 0.0858. The zero-order valence-corrected chi connectivity index (χ0v) is 12.6. The fraction of sp³-hybridized carbons (Fsp3) is 0.500. The van der Waals surface area contributed by atoms with Crippen LogP contribution in [0.15, 0.2) is 18.3 Å². The average Bonchev–Trinajstić information content (AvgIpc) is 2.46. The molecule has 0 aromatic carbocycles. The number of piperazine rings is 1. The molecular formula is C14H21N5O2. The van der Waals surface area contributed by atoms with Gasteiger partial charge in [0.1, 0.15) is 11.9 Å². The summed E-state index contributed by atoms with van der Waals surface area (Å²) in [6, 6.07) is 2.81. The van der Waals surface area contributed by atoms with E-state index in [-0.39, 0.29) is 17.6 Å². The van der Waals surface area contributed by atoms with E-state index < -0.39 is 6.04 Å². The third kappa shape index (κ3) is 3.13. The zero-order valence-electron chi connectivity index (χ0n) is 12.6. The Morgan fingerprint density at radius 1 is 1.38 bits per heavy atom. The molecule has 1 saturated heterocycles. The van der Waals surface area contributed by atoms with Gasteiger partial charge < -0.3 is 20.4 Å². The predicted molar refractivity (Wildman–Crippen MR) is 79.7 cm³/mol. The number of nitrogens with zero attached hydrogens (tertiary/aromatic N) is 4. The minimum atomic E-state index is -0.495. The topological polar surface area (TPSA) is 82.8 Å². The van der Waals surface area contributed by atoms with Crippen LogP contribution in [0.25, 0.3) is 0 Å². The van der Waals surface area contributed by atoms with Crippen molar-refractivity contribution in [1.82, 2.24) is 19.7 Å². The van der Waals surface area contributed by atoms with E-state index in [2.05, 4.69) is 4.98 Å². The van der Waals surface area contributed by atoms with Gasteiger partial charge in [-0.1, -0.05) is 0 Å². The molecule has 2 amide bonds. The van der Waals surface area contributed by atoms with Crippen molar-refractivity contribution in [3.8, 4) is 0 Å². The highest BCUT2D eigenvalue weighted by Gasteiger charge is 2.36. The van der Waals surface area contributed by atoms with Crippen molar-refractivity contribution in [2.24, 2.45) is 0 Å². The molecule has 114 valence electrons. The molecule has 2 heterocycles. The molecule has 1 aromatic heterocycles. The molecule has 0 saturated carbocycles. The molecule has 7 nitrogen and oxygen atoms in total. The first-order chi connectivity index (χ1) is 9.91. The molecule has 1 aliphatic rings. The lowest BCUT2D eigenvalue weighted by Gasteiger charge is -2.40. The SMILES string of the molecule is CN1CCN(C(=O)c2cccnc2N)C(C(=O)N(C)C)C1. The standard InChI is InChI=1S/C14H21N5O2/c1-17(2)14(21)11-9-18(3)7-8-19(11)13(20)10-5-4-6-16-12(10)15/h4-6,11H,7-9H2,1-3H3,(H2,15,16). The van der Waals surface area contributed by atoms with Gasteiger partial charge in [-0.25, -0.2) is 4.98 Å². The maximum Gasteiger partial charge on any atom is 0.258 e. The summed E-state index contributed by atoms with van der Waals surface area (Å²) in [5.41, 5.74) is 6.12. The molecule has 2 N–H and O–H groups in total. The van der Waals surface area contributed by atoms with Gasteiger partial charge in [0.25, 0.3) is 5.91 Å². The van der Waals surface area contributed by atoms with Crippen LogP contribution >= 0.6 is 0 Å². The maximum atomic E-state index is 12.7. The number of hydrogen-bond donors (Lipinski definition) is 1. The van der Waals surface area contributed by atoms with E-state index in [1.54, 1.807) is 37.3 Å². The van der Waals surface area contributed by atoms with Crippen molar-refractivity contribution in [2.75, 3.05) is 46.5 Å². The molecule has 1 aromatic rings. The Balaban J connectivity index is 2.29. The van der Waals surface area contributed by atoms with E-state index in [0.29, 0.717) is 18.7 Å². The Morgan fingerprint density at radius 2 is 2.10 bits per heavy atom. The predicted octanol–water partition coefficient (Wildman–Crippen LogP) is -0.492.